The first kappa shape index (κ1) is 13.9. The number of primary amides is 1. The molecule has 0 aliphatic carbocycles. The lowest BCUT2D eigenvalue weighted by atomic mass is 10.1. The number of aliphatic carboxylic acids is 1. The van der Waals surface area contributed by atoms with E-state index in [9.17, 15) is 9.59 Å². The zero-order chi connectivity index (χ0) is 14.5. The second-order valence-corrected chi connectivity index (χ2v) is 4.43. The third kappa shape index (κ3) is 3.26. The SMILES string of the molecule is NC(=O)CC[C@@H](Oc1cccc2ccccc12)C(=O)O. The smallest absolute Gasteiger partial charge is 0.344 e. The van der Waals surface area contributed by atoms with E-state index in [0.717, 1.165) is 10.8 Å². The number of amides is 1. The van der Waals surface area contributed by atoms with E-state index in [4.69, 9.17) is 15.6 Å². The first-order valence-electron chi connectivity index (χ1n) is 6.23. The predicted molar refractivity (Wildman–Crippen MR) is 74.4 cm³/mol. The Hall–Kier alpha value is -2.56. The van der Waals surface area contributed by atoms with Crippen molar-refractivity contribution in [1.82, 2.24) is 0 Å². The van der Waals surface area contributed by atoms with Crippen LogP contribution >= 0.6 is 0 Å². The lowest BCUT2D eigenvalue weighted by molar-refractivity contribution is -0.145. The van der Waals surface area contributed by atoms with Gasteiger partial charge in [-0.3, -0.25) is 4.79 Å². The first-order valence-corrected chi connectivity index (χ1v) is 6.23. The maximum atomic E-state index is 11.2. The summed E-state index contributed by atoms with van der Waals surface area (Å²) >= 11 is 0. The molecule has 2 rings (SSSR count). The van der Waals surface area contributed by atoms with E-state index >= 15 is 0 Å². The zero-order valence-electron chi connectivity index (χ0n) is 10.8. The summed E-state index contributed by atoms with van der Waals surface area (Å²) in [4.78, 5) is 21.9. The number of fused-ring (bicyclic) bond motifs is 1. The van der Waals surface area contributed by atoms with Crippen molar-refractivity contribution in [1.29, 1.82) is 0 Å². The van der Waals surface area contributed by atoms with E-state index in [1.165, 1.54) is 0 Å². The lowest BCUT2D eigenvalue weighted by Gasteiger charge is -2.16. The van der Waals surface area contributed by atoms with Crippen LogP contribution in [0.15, 0.2) is 42.5 Å². The van der Waals surface area contributed by atoms with Gasteiger partial charge in [0.1, 0.15) is 5.75 Å². The highest BCUT2D eigenvalue weighted by Gasteiger charge is 2.20. The highest BCUT2D eigenvalue weighted by atomic mass is 16.5. The van der Waals surface area contributed by atoms with Crippen LogP contribution in [0.5, 0.6) is 5.75 Å². The maximum Gasteiger partial charge on any atom is 0.344 e. The summed E-state index contributed by atoms with van der Waals surface area (Å²) in [5.74, 6) is -1.17. The number of benzene rings is 2. The number of nitrogens with two attached hydrogens (primary N) is 1. The topological polar surface area (TPSA) is 89.6 Å². The fourth-order valence-electron chi connectivity index (χ4n) is 1.96. The van der Waals surface area contributed by atoms with E-state index in [1.54, 1.807) is 12.1 Å². The van der Waals surface area contributed by atoms with E-state index in [-0.39, 0.29) is 12.8 Å². The van der Waals surface area contributed by atoms with Gasteiger partial charge in [0.15, 0.2) is 6.10 Å². The molecule has 20 heavy (non-hydrogen) atoms. The second-order valence-electron chi connectivity index (χ2n) is 4.43. The molecule has 0 unspecified atom stereocenters. The van der Waals surface area contributed by atoms with E-state index in [1.807, 2.05) is 30.3 Å². The zero-order valence-corrected chi connectivity index (χ0v) is 10.8. The molecule has 3 N–H and O–H groups in total. The molecule has 0 fully saturated rings. The van der Waals surface area contributed by atoms with Crippen LogP contribution in [-0.4, -0.2) is 23.1 Å². The Morgan fingerprint density at radius 1 is 1.15 bits per heavy atom. The van der Waals surface area contributed by atoms with Crippen LogP contribution < -0.4 is 10.5 Å². The average molecular weight is 273 g/mol. The summed E-state index contributed by atoms with van der Waals surface area (Å²) in [5.41, 5.74) is 5.04. The maximum absolute atomic E-state index is 11.2. The monoisotopic (exact) mass is 273 g/mol. The van der Waals surface area contributed by atoms with Gasteiger partial charge in [-0.2, -0.15) is 0 Å². The molecule has 0 bridgehead atoms. The van der Waals surface area contributed by atoms with Crippen molar-refractivity contribution < 1.29 is 19.4 Å². The second kappa shape index (κ2) is 6.06. The summed E-state index contributed by atoms with van der Waals surface area (Å²) in [5, 5.41) is 10.9. The molecule has 0 aliphatic heterocycles. The van der Waals surface area contributed by atoms with Crippen LogP contribution in [0.4, 0.5) is 0 Å². The Balaban J connectivity index is 2.24. The molecule has 5 nitrogen and oxygen atoms in total. The van der Waals surface area contributed by atoms with Gasteiger partial charge >= 0.3 is 5.97 Å². The van der Waals surface area contributed by atoms with Crippen LogP contribution in [0.3, 0.4) is 0 Å². The van der Waals surface area contributed by atoms with E-state index < -0.39 is 18.0 Å². The molecule has 0 aliphatic rings. The average Bonchev–Trinajstić information content (AvgIpc) is 2.43. The van der Waals surface area contributed by atoms with Gasteiger partial charge in [-0.05, 0) is 11.5 Å². The number of rotatable bonds is 6. The molecule has 0 spiro atoms. The van der Waals surface area contributed by atoms with Crippen molar-refractivity contribution >= 4 is 22.6 Å². The molecule has 5 heteroatoms. The normalized spacial score (nSPS) is 12.0. The van der Waals surface area contributed by atoms with E-state index in [2.05, 4.69) is 0 Å². The fraction of sp³-hybridized carbons (Fsp3) is 0.200. The standard InChI is InChI=1S/C15H15NO4/c16-14(17)9-8-13(15(18)19)20-12-7-3-5-10-4-1-2-6-11(10)12/h1-7,13H,8-9H2,(H2,16,17)(H,18,19)/t13-/m1/s1. The lowest BCUT2D eigenvalue weighted by Crippen LogP contribution is -2.28. The Labute approximate surface area is 116 Å². The van der Waals surface area contributed by atoms with Gasteiger partial charge in [-0.15, -0.1) is 0 Å². The third-order valence-electron chi connectivity index (χ3n) is 2.95. The molecule has 0 heterocycles. The van der Waals surface area contributed by atoms with Crippen molar-refractivity contribution in [2.24, 2.45) is 5.73 Å². The number of carbonyl (C=O) groups is 2. The Morgan fingerprint density at radius 2 is 1.85 bits per heavy atom. The molecular formula is C15H15NO4. The number of carboxylic acids is 1. The Morgan fingerprint density at radius 3 is 2.55 bits per heavy atom. The summed E-state index contributed by atoms with van der Waals surface area (Å²) in [6.07, 6.45) is -1.07. The van der Waals surface area contributed by atoms with Crippen LogP contribution in [-0.2, 0) is 9.59 Å². The summed E-state index contributed by atoms with van der Waals surface area (Å²) in [7, 11) is 0. The predicted octanol–water partition coefficient (Wildman–Crippen LogP) is 1.94. The molecule has 2 aromatic rings. The number of carbonyl (C=O) groups excluding carboxylic acids is 1. The fourth-order valence-corrected chi connectivity index (χ4v) is 1.96. The number of ether oxygens (including phenoxy) is 1. The molecule has 2 aromatic carbocycles. The molecule has 0 aromatic heterocycles. The van der Waals surface area contributed by atoms with Crippen LogP contribution in [0.1, 0.15) is 12.8 Å². The Kier molecular flexibility index (Phi) is 4.20. The van der Waals surface area contributed by atoms with Gasteiger partial charge < -0.3 is 15.6 Å². The molecule has 1 atom stereocenters. The largest absolute Gasteiger partial charge is 0.479 e. The van der Waals surface area contributed by atoms with Crippen molar-refractivity contribution in [3.8, 4) is 5.75 Å². The minimum Gasteiger partial charge on any atom is -0.479 e. The summed E-state index contributed by atoms with van der Waals surface area (Å²) in [6, 6.07) is 13.0. The highest BCUT2D eigenvalue weighted by Crippen LogP contribution is 2.26. The third-order valence-corrected chi connectivity index (χ3v) is 2.95. The first-order chi connectivity index (χ1) is 9.58. The van der Waals surface area contributed by atoms with Crippen molar-refractivity contribution in [3.05, 3.63) is 42.5 Å². The molecule has 0 radical (unpaired) electrons. The summed E-state index contributed by atoms with van der Waals surface area (Å²) < 4.78 is 5.53. The van der Waals surface area contributed by atoms with Gasteiger partial charge in [0.05, 0.1) is 0 Å². The van der Waals surface area contributed by atoms with Crippen LogP contribution in [0.25, 0.3) is 10.8 Å². The van der Waals surface area contributed by atoms with Crippen LogP contribution in [0.2, 0.25) is 0 Å². The van der Waals surface area contributed by atoms with Crippen molar-refractivity contribution in [2.75, 3.05) is 0 Å². The minimum absolute atomic E-state index is 0.0261. The number of hydrogen-bond acceptors (Lipinski definition) is 3. The van der Waals surface area contributed by atoms with E-state index in [0.29, 0.717) is 5.75 Å². The molecule has 0 saturated carbocycles. The van der Waals surface area contributed by atoms with Gasteiger partial charge in [-0.25, -0.2) is 4.79 Å². The summed E-state index contributed by atoms with van der Waals surface area (Å²) in [6.45, 7) is 0. The highest BCUT2D eigenvalue weighted by molar-refractivity contribution is 5.88. The quantitative estimate of drug-likeness (QED) is 0.841. The number of hydrogen-bond donors (Lipinski definition) is 2. The van der Waals surface area contributed by atoms with Gasteiger partial charge in [0.25, 0.3) is 0 Å². The Bertz CT molecular complexity index is 633. The van der Waals surface area contributed by atoms with Crippen molar-refractivity contribution in [3.63, 3.8) is 0 Å². The van der Waals surface area contributed by atoms with Crippen molar-refractivity contribution in [2.45, 2.75) is 18.9 Å². The van der Waals surface area contributed by atoms with Gasteiger partial charge in [0, 0.05) is 18.2 Å². The molecular weight excluding hydrogens is 258 g/mol. The molecule has 0 saturated heterocycles. The molecule has 1 amide bonds. The molecule has 104 valence electrons. The van der Waals surface area contributed by atoms with Crippen LogP contribution in [0, 0.1) is 0 Å². The number of carboxylic acid groups (broad SMARTS) is 1. The van der Waals surface area contributed by atoms with Gasteiger partial charge in [0.2, 0.25) is 5.91 Å². The minimum atomic E-state index is -1.11. The van der Waals surface area contributed by atoms with Gasteiger partial charge in [-0.1, -0.05) is 36.4 Å².